The molecule has 3 rings (SSSR count). The van der Waals surface area contributed by atoms with Gasteiger partial charge in [0.05, 0.1) is 12.9 Å². The van der Waals surface area contributed by atoms with Gasteiger partial charge in [-0.2, -0.15) is 4.98 Å². The molecule has 2 aromatic rings. The molecule has 2 aromatic heterocycles. The Morgan fingerprint density at radius 3 is 3.11 bits per heavy atom. The summed E-state index contributed by atoms with van der Waals surface area (Å²) < 4.78 is 20.9. The van der Waals surface area contributed by atoms with Gasteiger partial charge in [0.25, 0.3) is 5.56 Å². The van der Waals surface area contributed by atoms with Crippen LogP contribution < -0.4 is 11.3 Å². The average Bonchev–Trinajstić information content (AvgIpc) is 2.82. The molecule has 3 heterocycles. The minimum atomic E-state index is -2.01. The van der Waals surface area contributed by atoms with E-state index in [0.29, 0.717) is 0 Å². The monoisotopic (exact) mass is 269 g/mol. The Morgan fingerprint density at radius 1 is 1.74 bits per heavy atom. The van der Waals surface area contributed by atoms with Crippen molar-refractivity contribution in [3.63, 3.8) is 0 Å². The van der Waals surface area contributed by atoms with E-state index in [1.54, 1.807) is 0 Å². The largest absolute Gasteiger partial charge is 0.387 e. The number of alkyl halides is 1. The van der Waals surface area contributed by atoms with Gasteiger partial charge in [-0.05, 0) is 6.92 Å². The summed E-state index contributed by atoms with van der Waals surface area (Å²) in [6, 6.07) is 0. The van der Waals surface area contributed by atoms with Crippen LogP contribution in [-0.2, 0) is 4.74 Å². The number of imidazole rings is 1. The first-order valence-electron chi connectivity index (χ1n) is 5.62. The number of halogens is 1. The van der Waals surface area contributed by atoms with E-state index in [-0.39, 0.29) is 23.7 Å². The number of nitrogens with zero attached hydrogens (tertiary/aromatic N) is 3. The fourth-order valence-electron chi connectivity index (χ4n) is 2.14. The minimum absolute atomic E-state index is 0.0370. The Balaban J connectivity index is 2.19. The number of aliphatic hydroxyl groups is 1. The normalized spacial score (nSPS) is 31.1. The van der Waals surface area contributed by atoms with Crippen LogP contribution >= 0.6 is 0 Å². The number of H-pyrrole nitrogens is 1. The van der Waals surface area contributed by atoms with E-state index in [9.17, 15) is 14.3 Å². The molecule has 8 nitrogen and oxygen atoms in total. The standard InChI is InChI=1S/C10H12FN5O3/c1-10(11)4(17)2-19-8(10)16-3-13-5-6(16)14-9(12)15-7(5)18/h3-4,8,17H,2H2,1H3,(H3,12,14,15,18). The molecular weight excluding hydrogens is 257 g/mol. The van der Waals surface area contributed by atoms with Crippen molar-refractivity contribution in [1.29, 1.82) is 0 Å². The molecule has 19 heavy (non-hydrogen) atoms. The fraction of sp³-hybridized carbons (Fsp3) is 0.500. The van der Waals surface area contributed by atoms with Crippen molar-refractivity contribution in [3.8, 4) is 0 Å². The fourth-order valence-corrected chi connectivity index (χ4v) is 2.14. The van der Waals surface area contributed by atoms with Crippen molar-refractivity contribution in [1.82, 2.24) is 19.5 Å². The maximum Gasteiger partial charge on any atom is 0.280 e. The molecule has 4 N–H and O–H groups in total. The second kappa shape index (κ2) is 3.75. The Kier molecular flexibility index (Phi) is 2.38. The van der Waals surface area contributed by atoms with E-state index in [1.165, 1.54) is 17.8 Å². The molecule has 0 aromatic carbocycles. The van der Waals surface area contributed by atoms with Crippen molar-refractivity contribution in [3.05, 3.63) is 16.7 Å². The number of hydrogen-bond acceptors (Lipinski definition) is 6. The van der Waals surface area contributed by atoms with E-state index in [1.807, 2.05) is 0 Å². The molecule has 0 saturated carbocycles. The number of anilines is 1. The lowest BCUT2D eigenvalue weighted by molar-refractivity contribution is -0.0339. The summed E-state index contributed by atoms with van der Waals surface area (Å²) in [6.45, 7) is 1.08. The van der Waals surface area contributed by atoms with Gasteiger partial charge in [-0.1, -0.05) is 0 Å². The van der Waals surface area contributed by atoms with Crippen LogP contribution in [0.2, 0.25) is 0 Å². The lowest BCUT2D eigenvalue weighted by Crippen LogP contribution is -2.37. The zero-order valence-corrected chi connectivity index (χ0v) is 10.00. The second-order valence-corrected chi connectivity index (χ2v) is 4.63. The van der Waals surface area contributed by atoms with Crippen LogP contribution in [0.4, 0.5) is 10.3 Å². The lowest BCUT2D eigenvalue weighted by Gasteiger charge is -2.24. The smallest absolute Gasteiger partial charge is 0.280 e. The van der Waals surface area contributed by atoms with Crippen molar-refractivity contribution in [2.45, 2.75) is 24.9 Å². The summed E-state index contributed by atoms with van der Waals surface area (Å²) in [5.41, 5.74) is 3.09. The third kappa shape index (κ3) is 1.62. The summed E-state index contributed by atoms with van der Waals surface area (Å²) in [7, 11) is 0. The summed E-state index contributed by atoms with van der Waals surface area (Å²) in [5, 5.41) is 9.56. The molecule has 3 unspecified atom stereocenters. The highest BCUT2D eigenvalue weighted by Gasteiger charge is 2.50. The van der Waals surface area contributed by atoms with Gasteiger partial charge in [-0.3, -0.25) is 14.3 Å². The van der Waals surface area contributed by atoms with Crippen LogP contribution in [0.15, 0.2) is 11.1 Å². The zero-order chi connectivity index (χ0) is 13.8. The first-order chi connectivity index (χ1) is 8.91. The topological polar surface area (TPSA) is 119 Å². The van der Waals surface area contributed by atoms with Crippen LogP contribution in [0.5, 0.6) is 0 Å². The summed E-state index contributed by atoms with van der Waals surface area (Å²) >= 11 is 0. The lowest BCUT2D eigenvalue weighted by atomic mass is 10.0. The molecule has 1 aliphatic rings. The van der Waals surface area contributed by atoms with Crippen molar-refractivity contribution in [2.24, 2.45) is 0 Å². The number of aliphatic hydroxyl groups excluding tert-OH is 1. The Hall–Kier alpha value is -2.00. The van der Waals surface area contributed by atoms with Crippen molar-refractivity contribution >= 4 is 17.1 Å². The SMILES string of the molecule is CC1(F)C(O)COC1n1cnc2c(=O)[nH]c(N)nc21. The molecular formula is C10H12FN5O3. The predicted octanol–water partition coefficient (Wildman–Crippen LogP) is -0.680. The molecule has 1 fully saturated rings. The van der Waals surface area contributed by atoms with Gasteiger partial charge < -0.3 is 15.6 Å². The van der Waals surface area contributed by atoms with Gasteiger partial charge in [0.1, 0.15) is 6.10 Å². The summed E-state index contributed by atoms with van der Waals surface area (Å²) in [4.78, 5) is 21.7. The Bertz CT molecular complexity index is 694. The van der Waals surface area contributed by atoms with E-state index in [0.717, 1.165) is 0 Å². The number of nitrogens with one attached hydrogen (secondary N) is 1. The molecule has 0 bridgehead atoms. The number of nitrogen functional groups attached to an aromatic ring is 1. The molecule has 9 heteroatoms. The number of fused-ring (bicyclic) bond motifs is 1. The number of hydrogen-bond donors (Lipinski definition) is 3. The Morgan fingerprint density at radius 2 is 2.47 bits per heavy atom. The molecule has 0 aliphatic carbocycles. The van der Waals surface area contributed by atoms with E-state index in [4.69, 9.17) is 10.5 Å². The number of rotatable bonds is 1. The van der Waals surface area contributed by atoms with Gasteiger partial charge >= 0.3 is 0 Å². The highest BCUT2D eigenvalue weighted by molar-refractivity contribution is 5.70. The first-order valence-corrected chi connectivity index (χ1v) is 5.62. The van der Waals surface area contributed by atoms with Crippen LogP contribution in [0.25, 0.3) is 11.2 Å². The van der Waals surface area contributed by atoms with E-state index in [2.05, 4.69) is 15.0 Å². The summed E-state index contributed by atoms with van der Waals surface area (Å²) in [6.07, 6.45) is -1.12. The maximum atomic E-state index is 14.4. The molecule has 102 valence electrons. The average molecular weight is 269 g/mol. The highest BCUT2D eigenvalue weighted by Crippen LogP contribution is 2.38. The van der Waals surface area contributed by atoms with Gasteiger partial charge in [-0.15, -0.1) is 0 Å². The Labute approximate surface area is 106 Å². The second-order valence-electron chi connectivity index (χ2n) is 4.63. The first kappa shape index (κ1) is 12.1. The van der Waals surface area contributed by atoms with Gasteiger partial charge in [0, 0.05) is 0 Å². The van der Waals surface area contributed by atoms with Gasteiger partial charge in [0.15, 0.2) is 23.1 Å². The number of aromatic amines is 1. The van der Waals surface area contributed by atoms with Crippen molar-refractivity contribution in [2.75, 3.05) is 12.3 Å². The van der Waals surface area contributed by atoms with Gasteiger partial charge in [-0.25, -0.2) is 9.37 Å². The highest BCUT2D eigenvalue weighted by atomic mass is 19.1. The third-order valence-corrected chi connectivity index (χ3v) is 3.25. The number of ether oxygens (including phenoxy) is 1. The van der Waals surface area contributed by atoms with E-state index >= 15 is 0 Å². The maximum absolute atomic E-state index is 14.4. The molecule has 3 atom stereocenters. The minimum Gasteiger partial charge on any atom is -0.387 e. The van der Waals surface area contributed by atoms with Crippen LogP contribution in [-0.4, -0.2) is 43.0 Å². The molecule has 1 saturated heterocycles. The van der Waals surface area contributed by atoms with Crippen LogP contribution in [0.3, 0.4) is 0 Å². The molecule has 1 aliphatic heterocycles. The predicted molar refractivity (Wildman–Crippen MR) is 63.1 cm³/mol. The quantitative estimate of drug-likeness (QED) is 0.631. The van der Waals surface area contributed by atoms with E-state index < -0.39 is 23.6 Å². The number of nitrogens with two attached hydrogens (primary N) is 1. The van der Waals surface area contributed by atoms with Crippen LogP contribution in [0.1, 0.15) is 13.2 Å². The number of aromatic nitrogens is 4. The summed E-state index contributed by atoms with van der Waals surface area (Å²) in [5.74, 6) is -0.0987. The van der Waals surface area contributed by atoms with Crippen LogP contribution in [0, 0.1) is 0 Å². The zero-order valence-electron chi connectivity index (χ0n) is 10.00. The molecule has 0 amide bonds. The molecule has 0 spiro atoms. The van der Waals surface area contributed by atoms with Gasteiger partial charge in [0.2, 0.25) is 5.95 Å². The van der Waals surface area contributed by atoms with Crippen molar-refractivity contribution < 1.29 is 14.2 Å². The third-order valence-electron chi connectivity index (χ3n) is 3.25. The molecule has 0 radical (unpaired) electrons.